The highest BCUT2D eigenvalue weighted by atomic mass is 16.0. The Balaban J connectivity index is 0.0000000642. The van der Waals surface area contributed by atoms with Gasteiger partial charge in [0.05, 0.1) is 0 Å². The highest BCUT2D eigenvalue weighted by Gasteiger charge is 4.00. The zero-order valence-electron chi connectivity index (χ0n) is 7.75. The minimum atomic E-state index is 0. The van der Waals surface area contributed by atoms with Crippen molar-refractivity contribution in [3.63, 3.8) is 0 Å². The van der Waals surface area contributed by atoms with E-state index in [9.17, 15) is 0 Å². The van der Waals surface area contributed by atoms with Crippen LogP contribution < -0.4 is 0 Å². The van der Waals surface area contributed by atoms with Crippen LogP contribution >= 0.6 is 0 Å². The largest absolute Gasteiger partial charge is 0.715 e. The van der Waals surface area contributed by atoms with E-state index in [0.717, 1.165) is 0 Å². The van der Waals surface area contributed by atoms with Gasteiger partial charge in [-0.1, -0.05) is 14.9 Å². The summed E-state index contributed by atoms with van der Waals surface area (Å²) in [4.78, 5) is 0. The molecule has 1 N–H and O–H groups in total. The number of rotatable bonds is 0. The normalized spacial score (nSPS) is 89.0. The summed E-state index contributed by atoms with van der Waals surface area (Å²) >= 11 is 0. The SMILES string of the molecule is C.C.C123C45C16C24C356.C1C2C3C1C23.[CH-]=C.[N-]=N. The van der Waals surface area contributed by atoms with Gasteiger partial charge in [-0.05, 0) is 30.1 Å². The smallest absolute Gasteiger partial charge is 0 e. The molecule has 0 aromatic rings. The first-order chi connectivity index (χ1) is 6.98. The van der Waals surface area contributed by atoms with Crippen molar-refractivity contribution < 1.29 is 0 Å². The van der Waals surface area contributed by atoms with Gasteiger partial charge in [0, 0.05) is 27.1 Å². The van der Waals surface area contributed by atoms with Crippen LogP contribution in [0.3, 0.4) is 0 Å². The summed E-state index contributed by atoms with van der Waals surface area (Å²) in [6, 6.07) is 0. The Morgan fingerprint density at radius 3 is 1.06 bits per heavy atom. The van der Waals surface area contributed by atoms with Gasteiger partial charge in [0.2, 0.25) is 0 Å². The molecule has 9 bridgehead atoms. The number of hydrogen-bond acceptors (Lipinski definition) is 1. The molecular weight excluding hydrogens is 196 g/mol. The third-order valence-corrected chi connectivity index (χ3v) is 7.68. The second-order valence-electron chi connectivity index (χ2n) is 6.47. The standard InChI is InChI=1S/C5.C5H6.C2H3.2CH4.HN2/c1-2-3(1)4(1,2)5(1,2)3;1-2-4-3(1)5(2)4;1-2;;;1-2/h;2-5H,1H2;1H,2H2;2*1H4;1H/q;;-1;;;-1. The van der Waals surface area contributed by atoms with E-state index in [4.69, 9.17) is 11.1 Å². The van der Waals surface area contributed by atoms with Crippen molar-refractivity contribution in [2.75, 3.05) is 0 Å². The Bertz CT molecular complexity index is 322. The van der Waals surface area contributed by atoms with E-state index in [-0.39, 0.29) is 14.9 Å². The van der Waals surface area contributed by atoms with E-state index >= 15 is 0 Å². The summed E-state index contributed by atoms with van der Waals surface area (Å²) in [7, 11) is 0. The first-order valence-electron chi connectivity index (χ1n) is 5.62. The van der Waals surface area contributed by atoms with Crippen molar-refractivity contribution in [2.45, 2.75) is 21.3 Å². The summed E-state index contributed by atoms with van der Waals surface area (Å²) < 4.78 is 0. The third-order valence-electron chi connectivity index (χ3n) is 7.68. The van der Waals surface area contributed by atoms with Gasteiger partial charge in [-0.25, -0.2) is 0 Å². The third kappa shape index (κ3) is 0.255. The van der Waals surface area contributed by atoms with Crippen LogP contribution in [0.15, 0.2) is 6.58 Å². The molecule has 0 heterocycles. The van der Waals surface area contributed by atoms with Gasteiger partial charge in [-0.2, -0.15) is 0 Å². The summed E-state index contributed by atoms with van der Waals surface area (Å²) in [5.41, 5.74) is 17.2. The molecule has 0 unspecified atom stereocenters. The lowest BCUT2D eigenvalue weighted by Gasteiger charge is -2.21. The first-order valence-corrected chi connectivity index (χ1v) is 5.62. The van der Waals surface area contributed by atoms with Crippen molar-refractivity contribution in [2.24, 2.45) is 50.7 Å². The molecule has 0 saturated heterocycles. The highest BCUT2D eigenvalue weighted by Crippen LogP contribution is 4.00. The summed E-state index contributed by atoms with van der Waals surface area (Å²) in [6.07, 6.45) is 1.62. The maximum Gasteiger partial charge on any atom is 0 e. The molecule has 16 heavy (non-hydrogen) atoms. The molecule has 9 aliphatic carbocycles. The van der Waals surface area contributed by atoms with Crippen LogP contribution in [0.2, 0.25) is 0 Å². The van der Waals surface area contributed by atoms with Crippen molar-refractivity contribution in [1.82, 2.24) is 0 Å². The van der Waals surface area contributed by atoms with E-state index in [2.05, 4.69) is 13.2 Å². The number of hydrogen-bond donors (Lipinski definition) is 1. The Morgan fingerprint density at radius 1 is 0.875 bits per heavy atom. The van der Waals surface area contributed by atoms with Crippen molar-refractivity contribution >= 4 is 0 Å². The van der Waals surface area contributed by atoms with E-state index in [1.54, 1.807) is 6.42 Å². The van der Waals surface area contributed by atoms with Gasteiger partial charge in [0.1, 0.15) is 0 Å². The molecule has 0 aromatic heterocycles. The molecular formula is C14H18N2-2. The predicted octanol–water partition coefficient (Wildman–Crippen LogP) is 3.35. The number of nitrogens with one attached hydrogen (secondary N) is 1. The molecule has 86 valence electrons. The van der Waals surface area contributed by atoms with Gasteiger partial charge < -0.3 is 17.6 Å². The Labute approximate surface area is 96.8 Å². The maximum atomic E-state index is 6.25. The Morgan fingerprint density at radius 2 is 1.06 bits per heavy atom. The molecule has 9 rings (SSSR count). The molecule has 1 spiro atoms. The molecule has 9 saturated carbocycles. The fourth-order valence-electron chi connectivity index (χ4n) is 6.58. The quantitative estimate of drug-likeness (QED) is 0.475. The minimum absolute atomic E-state index is 0. The van der Waals surface area contributed by atoms with Gasteiger partial charge >= 0.3 is 0 Å². The fraction of sp³-hybridized carbons (Fsp3) is 0.857. The molecule has 2 nitrogen and oxygen atoms in total. The zero-order valence-corrected chi connectivity index (χ0v) is 7.75. The van der Waals surface area contributed by atoms with Crippen molar-refractivity contribution in [3.05, 3.63) is 18.7 Å². The molecule has 9 aliphatic rings. The van der Waals surface area contributed by atoms with E-state index < -0.39 is 0 Å². The van der Waals surface area contributed by atoms with Crippen LogP contribution in [0.25, 0.3) is 5.53 Å². The van der Waals surface area contributed by atoms with Crippen molar-refractivity contribution in [3.8, 4) is 0 Å². The van der Waals surface area contributed by atoms with Crippen LogP contribution in [-0.2, 0) is 0 Å². The molecule has 0 amide bonds. The van der Waals surface area contributed by atoms with Gasteiger partial charge in [-0.3, -0.25) is 6.58 Å². The van der Waals surface area contributed by atoms with Crippen LogP contribution in [0.4, 0.5) is 0 Å². The van der Waals surface area contributed by atoms with Crippen LogP contribution in [-0.4, -0.2) is 0 Å². The topological polar surface area (TPSA) is 46.2 Å². The van der Waals surface area contributed by atoms with Crippen molar-refractivity contribution in [1.29, 1.82) is 5.53 Å². The maximum absolute atomic E-state index is 6.25. The summed E-state index contributed by atoms with van der Waals surface area (Å²) in [5.74, 6) is 5.21. The molecule has 0 aromatic carbocycles. The van der Waals surface area contributed by atoms with Gasteiger partial charge in [-0.15, -0.1) is 0 Å². The second-order valence-corrected chi connectivity index (χ2v) is 6.47. The Hall–Kier alpha value is -0.660. The second kappa shape index (κ2) is 1.42. The lowest BCUT2D eigenvalue weighted by atomic mass is 9.83. The zero-order chi connectivity index (χ0) is 9.52. The lowest BCUT2D eigenvalue weighted by Crippen LogP contribution is -2.14. The average molecular weight is 214 g/mol. The number of fused-ring (bicyclic) bond motifs is 1. The van der Waals surface area contributed by atoms with E-state index in [0.29, 0.717) is 0 Å². The first kappa shape index (κ1) is 9.38. The summed E-state index contributed by atoms with van der Waals surface area (Å²) in [6.45, 7) is 7.00. The Kier molecular flexibility index (Phi) is 0.834. The molecule has 0 radical (unpaired) electrons. The molecule has 0 atom stereocenters. The summed E-state index contributed by atoms with van der Waals surface area (Å²) in [5, 5.41) is 0. The molecule has 9 fully saturated rings. The van der Waals surface area contributed by atoms with E-state index in [1.165, 1.54) is 50.7 Å². The highest BCUT2D eigenvalue weighted by molar-refractivity contribution is 6.43. The van der Waals surface area contributed by atoms with Crippen LogP contribution in [0, 0.1) is 62.9 Å². The lowest BCUT2D eigenvalue weighted by molar-refractivity contribution is 0.273. The monoisotopic (exact) mass is 214 g/mol. The van der Waals surface area contributed by atoms with Crippen LogP contribution in [0.5, 0.6) is 0 Å². The average Bonchev–Trinajstić information content (AvgIpc) is 2.93. The van der Waals surface area contributed by atoms with E-state index in [1.807, 2.05) is 0 Å². The van der Waals surface area contributed by atoms with Gasteiger partial charge in [0.15, 0.2) is 0 Å². The molecule has 2 heteroatoms. The minimum Gasteiger partial charge on any atom is -0.715 e. The fourth-order valence-corrected chi connectivity index (χ4v) is 6.58. The molecule has 0 aliphatic heterocycles. The predicted molar refractivity (Wildman–Crippen MR) is 60.2 cm³/mol. The van der Waals surface area contributed by atoms with Gasteiger partial charge in [0.25, 0.3) is 0 Å². The van der Waals surface area contributed by atoms with Crippen LogP contribution in [0.1, 0.15) is 21.3 Å². The number of nitrogens with zero attached hydrogens (tertiary/aromatic N) is 1.